The molecule has 0 N–H and O–H groups in total. The summed E-state index contributed by atoms with van der Waals surface area (Å²) < 4.78 is 16.7. The van der Waals surface area contributed by atoms with Crippen LogP contribution in [0.4, 0.5) is 0 Å². The quantitative estimate of drug-likeness (QED) is 0.658. The van der Waals surface area contributed by atoms with Crippen LogP contribution in [0.15, 0.2) is 54.7 Å². The number of likely N-dealkylation sites (tertiary alicyclic amines) is 1. The monoisotopic (exact) mass is 392 g/mol. The number of methoxy groups -OCH3 is 2. The third kappa shape index (κ3) is 4.11. The first-order valence-corrected chi connectivity index (χ1v) is 9.70. The lowest BCUT2D eigenvalue weighted by Gasteiger charge is -2.32. The molecule has 6 nitrogen and oxygen atoms in total. The molecule has 1 fully saturated rings. The summed E-state index contributed by atoms with van der Waals surface area (Å²) in [5, 5.41) is 0.976. The van der Waals surface area contributed by atoms with Gasteiger partial charge in [-0.1, -0.05) is 18.2 Å². The number of carbonyl (C=O) groups is 1. The zero-order chi connectivity index (χ0) is 20.2. The maximum absolute atomic E-state index is 13.1. The number of rotatable bonds is 5. The Morgan fingerprint density at radius 1 is 0.966 bits per heavy atom. The SMILES string of the molecule is COc1cc(OC)cc(OC2CCN(C(=O)c3cccc4cccnc34)CC2)c1. The number of pyridine rings is 1. The fourth-order valence-corrected chi connectivity index (χ4v) is 3.67. The molecule has 2 heterocycles. The molecule has 4 rings (SSSR count). The van der Waals surface area contributed by atoms with Crippen LogP contribution in [0.2, 0.25) is 0 Å². The van der Waals surface area contributed by atoms with E-state index in [0.717, 1.165) is 23.7 Å². The fourth-order valence-electron chi connectivity index (χ4n) is 3.67. The minimum atomic E-state index is 0.0239. The predicted molar refractivity (Wildman–Crippen MR) is 111 cm³/mol. The van der Waals surface area contributed by atoms with Crippen LogP contribution in [0, 0.1) is 0 Å². The minimum absolute atomic E-state index is 0.0239. The number of para-hydroxylation sites is 1. The average Bonchev–Trinajstić information content (AvgIpc) is 2.78. The van der Waals surface area contributed by atoms with Crippen molar-refractivity contribution in [1.29, 1.82) is 0 Å². The van der Waals surface area contributed by atoms with Crippen LogP contribution in [0.25, 0.3) is 10.9 Å². The second kappa shape index (κ2) is 8.39. The van der Waals surface area contributed by atoms with E-state index in [1.165, 1.54) is 0 Å². The molecule has 1 saturated heterocycles. The van der Waals surface area contributed by atoms with Gasteiger partial charge in [-0.25, -0.2) is 0 Å². The lowest BCUT2D eigenvalue weighted by molar-refractivity contribution is 0.0596. The van der Waals surface area contributed by atoms with E-state index in [0.29, 0.717) is 35.9 Å². The first-order valence-electron chi connectivity index (χ1n) is 9.70. The molecule has 29 heavy (non-hydrogen) atoms. The Bertz CT molecular complexity index is 985. The number of piperidine rings is 1. The lowest BCUT2D eigenvalue weighted by Crippen LogP contribution is -2.41. The van der Waals surface area contributed by atoms with Crippen molar-refractivity contribution in [2.24, 2.45) is 0 Å². The van der Waals surface area contributed by atoms with Gasteiger partial charge in [0.1, 0.15) is 23.4 Å². The zero-order valence-corrected chi connectivity index (χ0v) is 16.6. The summed E-state index contributed by atoms with van der Waals surface area (Å²) in [5.74, 6) is 2.12. The summed E-state index contributed by atoms with van der Waals surface area (Å²) in [4.78, 5) is 19.3. The number of ether oxygens (including phenoxy) is 3. The summed E-state index contributed by atoms with van der Waals surface area (Å²) in [5.41, 5.74) is 1.40. The Balaban J connectivity index is 1.42. The molecule has 0 unspecified atom stereocenters. The van der Waals surface area contributed by atoms with Gasteiger partial charge < -0.3 is 19.1 Å². The van der Waals surface area contributed by atoms with Gasteiger partial charge in [-0.05, 0) is 12.1 Å². The second-order valence-corrected chi connectivity index (χ2v) is 7.04. The Morgan fingerprint density at radius 3 is 2.31 bits per heavy atom. The number of hydrogen-bond donors (Lipinski definition) is 0. The van der Waals surface area contributed by atoms with Gasteiger partial charge in [0.15, 0.2) is 0 Å². The van der Waals surface area contributed by atoms with Gasteiger partial charge in [-0.15, -0.1) is 0 Å². The maximum Gasteiger partial charge on any atom is 0.256 e. The highest BCUT2D eigenvalue weighted by molar-refractivity contribution is 6.05. The topological polar surface area (TPSA) is 60.9 Å². The van der Waals surface area contributed by atoms with E-state index < -0.39 is 0 Å². The summed E-state index contributed by atoms with van der Waals surface area (Å²) in [7, 11) is 3.23. The molecule has 150 valence electrons. The van der Waals surface area contributed by atoms with Crippen LogP contribution in [-0.4, -0.2) is 49.2 Å². The standard InChI is InChI=1S/C23H24N2O4/c1-27-18-13-19(28-2)15-20(14-18)29-17-8-11-25(12-9-17)23(26)21-7-3-5-16-6-4-10-24-22(16)21/h3-7,10,13-15,17H,8-9,11-12H2,1-2H3. The van der Waals surface area contributed by atoms with Crippen molar-refractivity contribution in [2.45, 2.75) is 18.9 Å². The van der Waals surface area contributed by atoms with Crippen LogP contribution in [0.3, 0.4) is 0 Å². The average molecular weight is 392 g/mol. The highest BCUT2D eigenvalue weighted by Crippen LogP contribution is 2.30. The van der Waals surface area contributed by atoms with Crippen molar-refractivity contribution in [3.63, 3.8) is 0 Å². The molecule has 0 atom stereocenters. The number of hydrogen-bond acceptors (Lipinski definition) is 5. The number of amides is 1. The van der Waals surface area contributed by atoms with E-state index in [-0.39, 0.29) is 12.0 Å². The highest BCUT2D eigenvalue weighted by Gasteiger charge is 2.26. The fraction of sp³-hybridized carbons (Fsp3) is 0.304. The summed E-state index contributed by atoms with van der Waals surface area (Å²) in [6, 6.07) is 15.1. The maximum atomic E-state index is 13.1. The molecule has 0 aliphatic carbocycles. The lowest BCUT2D eigenvalue weighted by atomic mass is 10.0. The number of carbonyl (C=O) groups excluding carboxylic acids is 1. The van der Waals surface area contributed by atoms with Crippen molar-refractivity contribution >= 4 is 16.8 Å². The van der Waals surface area contributed by atoms with Crippen molar-refractivity contribution in [3.8, 4) is 17.2 Å². The number of nitrogens with zero attached hydrogens (tertiary/aromatic N) is 2. The minimum Gasteiger partial charge on any atom is -0.496 e. The van der Waals surface area contributed by atoms with Gasteiger partial charge in [0.05, 0.1) is 25.3 Å². The normalized spacial score (nSPS) is 14.6. The van der Waals surface area contributed by atoms with E-state index >= 15 is 0 Å². The predicted octanol–water partition coefficient (Wildman–Crippen LogP) is 3.94. The van der Waals surface area contributed by atoms with Gasteiger partial charge >= 0.3 is 0 Å². The summed E-state index contributed by atoms with van der Waals surface area (Å²) in [6.07, 6.45) is 3.30. The molecule has 2 aromatic carbocycles. The first-order chi connectivity index (χ1) is 14.2. The van der Waals surface area contributed by atoms with Crippen molar-refractivity contribution in [3.05, 3.63) is 60.3 Å². The van der Waals surface area contributed by atoms with Gasteiger partial charge in [-0.2, -0.15) is 0 Å². The smallest absolute Gasteiger partial charge is 0.256 e. The molecule has 0 radical (unpaired) electrons. The van der Waals surface area contributed by atoms with Crippen molar-refractivity contribution in [1.82, 2.24) is 9.88 Å². The molecule has 1 amide bonds. The van der Waals surface area contributed by atoms with Crippen LogP contribution < -0.4 is 14.2 Å². The van der Waals surface area contributed by atoms with E-state index in [1.54, 1.807) is 20.4 Å². The molecule has 6 heteroatoms. The molecule has 0 bridgehead atoms. The van der Waals surface area contributed by atoms with Crippen molar-refractivity contribution < 1.29 is 19.0 Å². The van der Waals surface area contributed by atoms with Crippen molar-refractivity contribution in [2.75, 3.05) is 27.3 Å². The Kier molecular flexibility index (Phi) is 5.51. The van der Waals surface area contributed by atoms with Crippen LogP contribution >= 0.6 is 0 Å². The molecule has 0 saturated carbocycles. The molecular weight excluding hydrogens is 368 g/mol. The Labute approximate surface area is 170 Å². The Hall–Kier alpha value is -3.28. The summed E-state index contributed by atoms with van der Waals surface area (Å²) in [6.45, 7) is 1.29. The second-order valence-electron chi connectivity index (χ2n) is 7.04. The summed E-state index contributed by atoms with van der Waals surface area (Å²) >= 11 is 0. The van der Waals surface area contributed by atoms with E-state index in [2.05, 4.69) is 4.98 Å². The van der Waals surface area contributed by atoms with E-state index in [1.807, 2.05) is 53.4 Å². The Morgan fingerprint density at radius 2 is 1.62 bits per heavy atom. The molecule has 1 aromatic heterocycles. The van der Waals surface area contributed by atoms with E-state index in [9.17, 15) is 4.79 Å². The van der Waals surface area contributed by atoms with Gasteiger partial charge in [-0.3, -0.25) is 9.78 Å². The largest absolute Gasteiger partial charge is 0.496 e. The van der Waals surface area contributed by atoms with Crippen LogP contribution in [0.5, 0.6) is 17.2 Å². The third-order valence-electron chi connectivity index (χ3n) is 5.22. The number of aromatic nitrogens is 1. The highest BCUT2D eigenvalue weighted by atomic mass is 16.5. The van der Waals surface area contributed by atoms with Gasteiger partial charge in [0, 0.05) is 55.7 Å². The van der Waals surface area contributed by atoms with Gasteiger partial charge in [0.25, 0.3) is 5.91 Å². The molecule has 3 aromatic rings. The molecule has 1 aliphatic heterocycles. The molecule has 0 spiro atoms. The number of fused-ring (bicyclic) bond motifs is 1. The molecule has 1 aliphatic rings. The molecular formula is C23H24N2O4. The van der Waals surface area contributed by atoms with Crippen LogP contribution in [-0.2, 0) is 0 Å². The van der Waals surface area contributed by atoms with Gasteiger partial charge in [0.2, 0.25) is 0 Å². The first kappa shape index (κ1) is 19.1. The van der Waals surface area contributed by atoms with Crippen LogP contribution in [0.1, 0.15) is 23.2 Å². The third-order valence-corrected chi connectivity index (χ3v) is 5.22. The number of benzene rings is 2. The van der Waals surface area contributed by atoms with E-state index in [4.69, 9.17) is 14.2 Å². The zero-order valence-electron chi connectivity index (χ0n) is 16.6.